The van der Waals surface area contributed by atoms with E-state index in [0.29, 0.717) is 5.56 Å². The highest BCUT2D eigenvalue weighted by Gasteiger charge is 2.27. The zero-order valence-electron chi connectivity index (χ0n) is 10.3. The van der Waals surface area contributed by atoms with Crippen molar-refractivity contribution in [3.8, 4) is 0 Å². The van der Waals surface area contributed by atoms with Crippen LogP contribution in [0.1, 0.15) is 15.2 Å². The number of carbonyl (C=O) groups is 1. The SMILES string of the molecule is Cc1csc(C(=O)O)c1NS(=O)(=O)c1c(Br)nnn1C. The number of nitrogens with zero attached hydrogens (tertiary/aromatic N) is 3. The standard InChI is InChI=1S/C9H9BrN4O4S2/c1-4-3-19-6(9(15)16)5(4)12-20(17,18)8-7(10)11-13-14(8)2/h3,12H,1-2H3,(H,15,16). The predicted molar refractivity (Wildman–Crippen MR) is 75.5 cm³/mol. The van der Waals surface area contributed by atoms with Crippen LogP contribution in [0.25, 0.3) is 0 Å². The first kappa shape index (κ1) is 14.9. The van der Waals surface area contributed by atoms with Crippen molar-refractivity contribution in [1.29, 1.82) is 0 Å². The first-order valence-corrected chi connectivity index (χ1v) is 8.29. The van der Waals surface area contributed by atoms with E-state index in [2.05, 4.69) is 31.0 Å². The van der Waals surface area contributed by atoms with Gasteiger partial charge in [0.05, 0.1) is 5.69 Å². The molecule has 2 rings (SSSR count). The Bertz CT molecular complexity index is 760. The molecular formula is C9H9BrN4O4S2. The van der Waals surface area contributed by atoms with Crippen molar-refractivity contribution >= 4 is 48.9 Å². The van der Waals surface area contributed by atoms with E-state index in [1.807, 2.05) is 0 Å². The molecule has 2 N–H and O–H groups in total. The maximum atomic E-state index is 12.3. The number of hydrogen-bond donors (Lipinski definition) is 2. The monoisotopic (exact) mass is 380 g/mol. The second-order valence-corrected chi connectivity index (χ2v) is 7.07. The number of carboxylic acids is 1. The quantitative estimate of drug-likeness (QED) is 0.829. The molecule has 0 radical (unpaired) electrons. The Kier molecular flexibility index (Phi) is 3.84. The molecule has 2 aromatic rings. The van der Waals surface area contributed by atoms with Gasteiger partial charge in [0.1, 0.15) is 4.88 Å². The minimum Gasteiger partial charge on any atom is -0.477 e. The van der Waals surface area contributed by atoms with Gasteiger partial charge in [-0.2, -0.15) is 8.42 Å². The van der Waals surface area contributed by atoms with Crippen molar-refractivity contribution < 1.29 is 18.3 Å². The molecule has 0 atom stereocenters. The predicted octanol–water partition coefficient (Wildman–Crippen LogP) is 1.45. The van der Waals surface area contributed by atoms with E-state index >= 15 is 0 Å². The van der Waals surface area contributed by atoms with Gasteiger partial charge in [0.2, 0.25) is 5.03 Å². The summed E-state index contributed by atoms with van der Waals surface area (Å²) >= 11 is 3.95. The van der Waals surface area contributed by atoms with E-state index < -0.39 is 16.0 Å². The van der Waals surface area contributed by atoms with Gasteiger partial charge in [-0.05, 0) is 33.8 Å². The highest BCUT2D eigenvalue weighted by Crippen LogP contribution is 2.30. The van der Waals surface area contributed by atoms with Gasteiger partial charge in [-0.15, -0.1) is 16.4 Å². The highest BCUT2D eigenvalue weighted by atomic mass is 79.9. The van der Waals surface area contributed by atoms with Crippen molar-refractivity contribution in [2.24, 2.45) is 7.05 Å². The molecule has 0 saturated carbocycles. The number of carboxylic acid groups (broad SMARTS) is 1. The first-order chi connectivity index (χ1) is 9.24. The molecule has 108 valence electrons. The van der Waals surface area contributed by atoms with Crippen LogP contribution in [-0.4, -0.2) is 34.5 Å². The molecule has 0 aliphatic carbocycles. The number of halogens is 1. The molecule has 0 unspecified atom stereocenters. The minimum absolute atomic E-state index is 0.0515. The number of aromatic carboxylic acids is 1. The Morgan fingerprint density at radius 1 is 1.55 bits per heavy atom. The smallest absolute Gasteiger partial charge is 0.348 e. The lowest BCUT2D eigenvalue weighted by Crippen LogP contribution is -2.18. The van der Waals surface area contributed by atoms with Gasteiger partial charge in [-0.25, -0.2) is 9.48 Å². The number of nitrogens with one attached hydrogen (secondary N) is 1. The summed E-state index contributed by atoms with van der Waals surface area (Å²) in [6.45, 7) is 1.62. The van der Waals surface area contributed by atoms with E-state index in [9.17, 15) is 13.2 Å². The van der Waals surface area contributed by atoms with Gasteiger partial charge < -0.3 is 5.11 Å². The van der Waals surface area contributed by atoms with Gasteiger partial charge in [-0.3, -0.25) is 4.72 Å². The van der Waals surface area contributed by atoms with Crippen molar-refractivity contribution in [1.82, 2.24) is 15.0 Å². The lowest BCUT2D eigenvalue weighted by molar-refractivity contribution is 0.0703. The van der Waals surface area contributed by atoms with Crippen LogP contribution >= 0.6 is 27.3 Å². The van der Waals surface area contributed by atoms with E-state index in [1.165, 1.54) is 7.05 Å². The van der Waals surface area contributed by atoms with Crippen LogP contribution in [-0.2, 0) is 17.1 Å². The summed E-state index contributed by atoms with van der Waals surface area (Å²) in [4.78, 5) is 11.0. The summed E-state index contributed by atoms with van der Waals surface area (Å²) in [5, 5.41) is 17.6. The van der Waals surface area contributed by atoms with Gasteiger partial charge in [0.25, 0.3) is 10.0 Å². The average molecular weight is 381 g/mol. The van der Waals surface area contributed by atoms with E-state index in [-0.39, 0.29) is 20.2 Å². The molecule has 0 fully saturated rings. The summed E-state index contributed by atoms with van der Waals surface area (Å²) in [6, 6.07) is 0. The van der Waals surface area contributed by atoms with Gasteiger partial charge in [0, 0.05) is 7.05 Å². The number of rotatable bonds is 4. The molecule has 0 aliphatic rings. The van der Waals surface area contributed by atoms with Gasteiger partial charge >= 0.3 is 5.97 Å². The third-order valence-electron chi connectivity index (χ3n) is 2.40. The molecule has 0 amide bonds. The van der Waals surface area contributed by atoms with Crippen LogP contribution in [0.5, 0.6) is 0 Å². The molecule has 2 aromatic heterocycles. The topological polar surface area (TPSA) is 114 Å². The molecule has 8 nitrogen and oxygen atoms in total. The average Bonchev–Trinajstić information content (AvgIpc) is 2.84. The number of anilines is 1. The minimum atomic E-state index is -4.00. The molecule has 0 spiro atoms. The summed E-state index contributed by atoms with van der Waals surface area (Å²) in [5.41, 5.74) is 0.581. The maximum absolute atomic E-state index is 12.3. The van der Waals surface area contributed by atoms with Crippen LogP contribution in [0, 0.1) is 6.92 Å². The van der Waals surface area contributed by atoms with Crippen LogP contribution in [0.3, 0.4) is 0 Å². The van der Waals surface area contributed by atoms with E-state index in [4.69, 9.17) is 5.11 Å². The van der Waals surface area contributed by atoms with Crippen LogP contribution in [0.4, 0.5) is 5.69 Å². The van der Waals surface area contributed by atoms with Crippen molar-refractivity contribution in [3.63, 3.8) is 0 Å². The number of sulfonamides is 1. The van der Waals surface area contributed by atoms with Crippen LogP contribution in [0.15, 0.2) is 15.0 Å². The largest absolute Gasteiger partial charge is 0.477 e. The maximum Gasteiger partial charge on any atom is 0.348 e. The lowest BCUT2D eigenvalue weighted by Gasteiger charge is -2.08. The number of aromatic nitrogens is 3. The summed E-state index contributed by atoms with van der Waals surface area (Å²) in [7, 11) is -2.57. The fourth-order valence-corrected chi connectivity index (χ4v) is 4.67. The molecule has 0 bridgehead atoms. The number of aryl methyl sites for hydroxylation is 2. The van der Waals surface area contributed by atoms with Crippen LogP contribution in [0.2, 0.25) is 0 Å². The highest BCUT2D eigenvalue weighted by molar-refractivity contribution is 9.10. The third kappa shape index (κ3) is 2.55. The van der Waals surface area contributed by atoms with Gasteiger partial charge in [-0.1, -0.05) is 5.21 Å². The normalized spacial score (nSPS) is 11.6. The van der Waals surface area contributed by atoms with Gasteiger partial charge in [0.15, 0.2) is 4.60 Å². The Hall–Kier alpha value is -1.46. The molecule has 0 saturated heterocycles. The van der Waals surface area contributed by atoms with E-state index in [0.717, 1.165) is 16.0 Å². The summed E-state index contributed by atoms with van der Waals surface area (Å²) in [6.07, 6.45) is 0. The Balaban J connectivity index is 2.50. The number of thiophene rings is 1. The van der Waals surface area contributed by atoms with Crippen molar-refractivity contribution in [3.05, 3.63) is 20.4 Å². The van der Waals surface area contributed by atoms with Crippen molar-refractivity contribution in [2.75, 3.05) is 4.72 Å². The molecule has 20 heavy (non-hydrogen) atoms. The fraction of sp³-hybridized carbons (Fsp3) is 0.222. The molecule has 0 aliphatic heterocycles. The summed E-state index contributed by atoms with van der Waals surface area (Å²) < 4.78 is 28.0. The molecule has 0 aromatic carbocycles. The second kappa shape index (κ2) is 5.14. The Labute approximate surface area is 126 Å². The Morgan fingerprint density at radius 2 is 2.20 bits per heavy atom. The third-order valence-corrected chi connectivity index (χ3v) is 5.72. The van der Waals surface area contributed by atoms with Crippen LogP contribution < -0.4 is 4.72 Å². The summed E-state index contributed by atoms with van der Waals surface area (Å²) in [5.74, 6) is -1.19. The number of hydrogen-bond acceptors (Lipinski definition) is 6. The zero-order chi connectivity index (χ0) is 15.1. The molecule has 11 heteroatoms. The van der Waals surface area contributed by atoms with Crippen molar-refractivity contribution in [2.45, 2.75) is 11.9 Å². The van der Waals surface area contributed by atoms with E-state index in [1.54, 1.807) is 12.3 Å². The second-order valence-electron chi connectivity index (χ2n) is 3.84. The Morgan fingerprint density at radius 3 is 2.70 bits per heavy atom. The molecule has 2 heterocycles. The fourth-order valence-electron chi connectivity index (χ4n) is 1.52. The zero-order valence-corrected chi connectivity index (χ0v) is 13.5. The first-order valence-electron chi connectivity index (χ1n) is 5.13. The molecular weight excluding hydrogens is 372 g/mol. The lowest BCUT2D eigenvalue weighted by atomic mass is 10.3.